The van der Waals surface area contributed by atoms with Crippen LogP contribution in [0.4, 0.5) is 0 Å². The largest absolute Gasteiger partial charge is 0.497 e. The first-order valence-electron chi connectivity index (χ1n) is 7.18. The van der Waals surface area contributed by atoms with E-state index in [2.05, 4.69) is 22.9 Å². The third-order valence-corrected chi connectivity index (χ3v) is 4.89. The maximum absolute atomic E-state index is 10.4. The summed E-state index contributed by atoms with van der Waals surface area (Å²) in [6.07, 6.45) is 1.03. The summed E-state index contributed by atoms with van der Waals surface area (Å²) in [7, 11) is 1.64. The predicted octanol–water partition coefficient (Wildman–Crippen LogP) is 4.45. The number of benzene rings is 1. The van der Waals surface area contributed by atoms with Gasteiger partial charge in [-0.2, -0.15) is 0 Å². The molecular weight excluding hydrogens is 332 g/mol. The van der Waals surface area contributed by atoms with Crippen molar-refractivity contribution in [2.75, 3.05) is 7.11 Å². The van der Waals surface area contributed by atoms with E-state index in [0.29, 0.717) is 24.0 Å². The number of ether oxygens (including phenoxy) is 1. The van der Waals surface area contributed by atoms with E-state index in [1.165, 1.54) is 6.42 Å². The Hall–Kier alpha value is -1.26. The third kappa shape index (κ3) is 3.16. The predicted molar refractivity (Wildman–Crippen MR) is 84.6 cm³/mol. The summed E-state index contributed by atoms with van der Waals surface area (Å²) in [5.41, 5.74) is 1.000. The van der Waals surface area contributed by atoms with Crippen LogP contribution >= 0.6 is 15.9 Å². The van der Waals surface area contributed by atoms with Crippen molar-refractivity contribution in [2.24, 2.45) is 5.92 Å². The van der Waals surface area contributed by atoms with Crippen LogP contribution in [0.5, 0.6) is 5.75 Å². The van der Waals surface area contributed by atoms with Crippen LogP contribution in [-0.4, -0.2) is 12.2 Å². The molecule has 4 heteroatoms. The maximum Gasteiger partial charge on any atom is 0.133 e. The molecule has 0 aliphatic heterocycles. The normalized spacial score (nSPS) is 22.1. The monoisotopic (exact) mass is 350 g/mol. The van der Waals surface area contributed by atoms with Crippen molar-refractivity contribution >= 4 is 15.9 Å². The summed E-state index contributed by atoms with van der Waals surface area (Å²) in [5.74, 6) is 3.66. The van der Waals surface area contributed by atoms with Gasteiger partial charge in [-0.25, -0.2) is 0 Å². The number of hydrogen-bond donors (Lipinski definition) is 1. The maximum atomic E-state index is 10.4. The van der Waals surface area contributed by atoms with E-state index in [0.717, 1.165) is 21.5 Å². The minimum atomic E-state index is -0.642. The zero-order valence-corrected chi connectivity index (χ0v) is 13.8. The topological polar surface area (TPSA) is 42.6 Å². The van der Waals surface area contributed by atoms with Crippen LogP contribution < -0.4 is 4.74 Å². The van der Waals surface area contributed by atoms with Crippen molar-refractivity contribution in [1.82, 2.24) is 0 Å². The number of furan rings is 1. The molecule has 112 valence electrons. The lowest BCUT2D eigenvalue weighted by molar-refractivity contribution is 0.148. The highest BCUT2D eigenvalue weighted by Gasteiger charge is 2.36. The van der Waals surface area contributed by atoms with Gasteiger partial charge in [0.15, 0.2) is 0 Å². The molecule has 0 bridgehead atoms. The first-order chi connectivity index (χ1) is 10.1. The second kappa shape index (κ2) is 5.85. The van der Waals surface area contributed by atoms with E-state index >= 15 is 0 Å². The lowest BCUT2D eigenvalue weighted by Crippen LogP contribution is -2.01. The van der Waals surface area contributed by atoms with Crippen molar-refractivity contribution < 1.29 is 14.3 Å². The van der Waals surface area contributed by atoms with Crippen LogP contribution in [0.1, 0.15) is 42.5 Å². The lowest BCUT2D eigenvalue weighted by Gasteiger charge is -2.11. The first kappa shape index (κ1) is 14.7. The molecule has 0 radical (unpaired) electrons. The molecule has 0 amide bonds. The average molecular weight is 351 g/mol. The summed E-state index contributed by atoms with van der Waals surface area (Å²) in [4.78, 5) is 0. The summed E-state index contributed by atoms with van der Waals surface area (Å²) in [6, 6.07) is 9.63. The zero-order valence-electron chi connectivity index (χ0n) is 12.2. The molecule has 0 spiro atoms. The van der Waals surface area contributed by atoms with Crippen molar-refractivity contribution in [3.63, 3.8) is 0 Å². The quantitative estimate of drug-likeness (QED) is 0.865. The van der Waals surface area contributed by atoms with Gasteiger partial charge in [-0.1, -0.05) is 22.9 Å². The number of halogens is 1. The van der Waals surface area contributed by atoms with Crippen molar-refractivity contribution in [1.29, 1.82) is 0 Å². The molecule has 1 aliphatic carbocycles. The third-order valence-electron chi connectivity index (χ3n) is 4.12. The van der Waals surface area contributed by atoms with E-state index in [1.54, 1.807) is 7.11 Å². The van der Waals surface area contributed by atoms with Gasteiger partial charge in [0.1, 0.15) is 23.4 Å². The molecule has 3 atom stereocenters. The lowest BCUT2D eigenvalue weighted by atomic mass is 10.1. The van der Waals surface area contributed by atoms with Gasteiger partial charge in [-0.05, 0) is 48.2 Å². The molecule has 21 heavy (non-hydrogen) atoms. The van der Waals surface area contributed by atoms with Crippen molar-refractivity contribution in [3.05, 3.63) is 51.9 Å². The molecule has 1 N–H and O–H groups in total. The van der Waals surface area contributed by atoms with Crippen LogP contribution in [0.15, 0.2) is 39.2 Å². The van der Waals surface area contributed by atoms with E-state index in [9.17, 15) is 5.11 Å². The fourth-order valence-corrected chi connectivity index (χ4v) is 3.02. The van der Waals surface area contributed by atoms with Crippen LogP contribution in [0.3, 0.4) is 0 Å². The van der Waals surface area contributed by atoms with E-state index in [1.807, 2.05) is 30.3 Å². The van der Waals surface area contributed by atoms with Gasteiger partial charge in [0.05, 0.1) is 7.11 Å². The minimum absolute atomic E-state index is 0.491. The number of hydrogen-bond acceptors (Lipinski definition) is 3. The Morgan fingerprint density at radius 3 is 2.81 bits per heavy atom. The summed E-state index contributed by atoms with van der Waals surface area (Å²) >= 11 is 3.51. The Balaban J connectivity index is 1.73. The highest BCUT2D eigenvalue weighted by molar-refractivity contribution is 9.10. The molecule has 1 aromatic carbocycles. The van der Waals surface area contributed by atoms with Crippen LogP contribution in [-0.2, 0) is 6.42 Å². The molecule has 2 aromatic rings. The van der Waals surface area contributed by atoms with Crippen molar-refractivity contribution in [2.45, 2.75) is 31.8 Å². The number of rotatable bonds is 5. The van der Waals surface area contributed by atoms with Gasteiger partial charge in [-0.15, -0.1) is 0 Å². The Labute approximate surface area is 133 Å². The summed E-state index contributed by atoms with van der Waals surface area (Å²) < 4.78 is 12.0. The van der Waals surface area contributed by atoms with Gasteiger partial charge in [-0.3, -0.25) is 0 Å². The van der Waals surface area contributed by atoms with Gasteiger partial charge in [0.25, 0.3) is 0 Å². The van der Waals surface area contributed by atoms with E-state index in [4.69, 9.17) is 9.15 Å². The molecule has 3 nitrogen and oxygen atoms in total. The van der Waals surface area contributed by atoms with E-state index < -0.39 is 6.10 Å². The van der Waals surface area contributed by atoms with Crippen molar-refractivity contribution in [3.8, 4) is 5.75 Å². The highest BCUT2D eigenvalue weighted by atomic mass is 79.9. The molecule has 1 heterocycles. The van der Waals surface area contributed by atoms with Crippen LogP contribution in [0.25, 0.3) is 0 Å². The van der Waals surface area contributed by atoms with E-state index in [-0.39, 0.29) is 0 Å². The second-order valence-corrected chi connectivity index (χ2v) is 6.59. The molecule has 1 fully saturated rings. The fraction of sp³-hybridized carbons (Fsp3) is 0.412. The van der Waals surface area contributed by atoms with Gasteiger partial charge >= 0.3 is 0 Å². The van der Waals surface area contributed by atoms with Crippen LogP contribution in [0.2, 0.25) is 0 Å². The Morgan fingerprint density at radius 1 is 1.38 bits per heavy atom. The molecule has 1 aliphatic rings. The number of methoxy groups -OCH3 is 1. The molecule has 0 saturated heterocycles. The highest BCUT2D eigenvalue weighted by Crippen LogP contribution is 2.47. The minimum Gasteiger partial charge on any atom is -0.497 e. The standard InChI is InChI=1S/C17H19BrO3/c1-10-7-13(10)16-5-6-17(21-16)15(19)9-11-8-12(20-2)3-4-14(11)18/h3-6,8,10,13,15,19H,7,9H2,1-2H3. The molecule has 1 saturated carbocycles. The molecular formula is C17H19BrO3. The zero-order chi connectivity index (χ0) is 15.0. The fourth-order valence-electron chi connectivity index (χ4n) is 2.61. The smallest absolute Gasteiger partial charge is 0.133 e. The summed E-state index contributed by atoms with van der Waals surface area (Å²) in [5, 5.41) is 10.4. The SMILES string of the molecule is COc1ccc(Br)c(CC(O)c2ccc(C3CC3C)o2)c1. The number of aliphatic hydroxyl groups excluding tert-OH is 1. The Kier molecular flexibility index (Phi) is 4.09. The Morgan fingerprint density at radius 2 is 2.14 bits per heavy atom. The average Bonchev–Trinajstić information content (AvgIpc) is 3.02. The first-order valence-corrected chi connectivity index (χ1v) is 7.98. The Bertz CT molecular complexity index is 635. The van der Waals surface area contributed by atoms with Crippen LogP contribution in [0, 0.1) is 5.92 Å². The van der Waals surface area contributed by atoms with Gasteiger partial charge < -0.3 is 14.3 Å². The molecule has 3 unspecified atom stereocenters. The number of aliphatic hydroxyl groups is 1. The molecule has 3 rings (SSSR count). The van der Waals surface area contributed by atoms with Gasteiger partial charge in [0.2, 0.25) is 0 Å². The molecule has 1 aromatic heterocycles. The van der Waals surface area contributed by atoms with Gasteiger partial charge in [0, 0.05) is 16.8 Å². The summed E-state index contributed by atoms with van der Waals surface area (Å²) in [6.45, 7) is 2.22. The second-order valence-electron chi connectivity index (χ2n) is 5.74.